The van der Waals surface area contributed by atoms with Crippen LogP contribution in [0.3, 0.4) is 0 Å². The Kier molecular flexibility index (Phi) is 5.04. The Bertz CT molecular complexity index is 470. The highest BCUT2D eigenvalue weighted by Crippen LogP contribution is 2.28. The number of benzene rings is 1. The summed E-state index contributed by atoms with van der Waals surface area (Å²) in [6, 6.07) is 5.07. The fourth-order valence-electron chi connectivity index (χ4n) is 1.72. The molecule has 1 rings (SSSR count). The standard InChI is InChI=1S/C13H15BrO4/c1-3-8-4-5-9(11(14)7(2)15)6-10(8)12(16)13(17)18/h4-6,11-12,16H,3H2,1-2H3,(H,17,18). The van der Waals surface area contributed by atoms with Gasteiger partial charge in [-0.3, -0.25) is 4.79 Å². The van der Waals surface area contributed by atoms with E-state index in [9.17, 15) is 14.7 Å². The van der Waals surface area contributed by atoms with Crippen molar-refractivity contribution in [1.82, 2.24) is 0 Å². The molecular formula is C13H15BrO4. The first-order valence-electron chi connectivity index (χ1n) is 5.56. The lowest BCUT2D eigenvalue weighted by Crippen LogP contribution is -2.13. The van der Waals surface area contributed by atoms with Crippen LogP contribution in [-0.4, -0.2) is 22.0 Å². The summed E-state index contributed by atoms with van der Waals surface area (Å²) in [5.74, 6) is -1.37. The third-order valence-corrected chi connectivity index (χ3v) is 3.90. The molecule has 18 heavy (non-hydrogen) atoms. The molecule has 0 aliphatic rings. The summed E-state index contributed by atoms with van der Waals surface area (Å²) in [7, 11) is 0. The Morgan fingerprint density at radius 2 is 2.00 bits per heavy atom. The fraction of sp³-hybridized carbons (Fsp3) is 0.385. The Hall–Kier alpha value is -1.20. The highest BCUT2D eigenvalue weighted by molar-refractivity contribution is 9.09. The molecule has 1 aromatic carbocycles. The lowest BCUT2D eigenvalue weighted by atomic mass is 9.96. The smallest absolute Gasteiger partial charge is 0.337 e. The van der Waals surface area contributed by atoms with Crippen molar-refractivity contribution in [2.24, 2.45) is 0 Å². The molecule has 98 valence electrons. The average molecular weight is 315 g/mol. The number of alkyl halides is 1. The topological polar surface area (TPSA) is 74.6 Å². The third-order valence-electron chi connectivity index (χ3n) is 2.73. The molecule has 1 aromatic rings. The number of halogens is 1. The number of aliphatic carboxylic acids is 1. The summed E-state index contributed by atoms with van der Waals surface area (Å²) in [6.07, 6.45) is -0.945. The van der Waals surface area contributed by atoms with E-state index in [1.165, 1.54) is 6.92 Å². The molecule has 0 aliphatic heterocycles. The van der Waals surface area contributed by atoms with Crippen LogP contribution in [0.1, 0.15) is 41.5 Å². The van der Waals surface area contributed by atoms with Gasteiger partial charge in [-0.1, -0.05) is 41.1 Å². The van der Waals surface area contributed by atoms with Crippen LogP contribution in [0, 0.1) is 0 Å². The van der Waals surface area contributed by atoms with Crippen LogP contribution < -0.4 is 0 Å². The van der Waals surface area contributed by atoms with Gasteiger partial charge in [0, 0.05) is 0 Å². The average Bonchev–Trinajstić information content (AvgIpc) is 2.35. The number of carbonyl (C=O) groups excluding carboxylic acids is 1. The number of carboxylic acids is 1. The molecule has 0 saturated heterocycles. The lowest BCUT2D eigenvalue weighted by Gasteiger charge is -2.15. The second-order valence-corrected chi connectivity index (χ2v) is 4.94. The Morgan fingerprint density at radius 1 is 1.39 bits per heavy atom. The molecule has 0 aliphatic carbocycles. The Balaban J connectivity index is 3.25. The molecule has 0 heterocycles. The zero-order chi connectivity index (χ0) is 13.9. The minimum atomic E-state index is -1.56. The fourth-order valence-corrected chi connectivity index (χ4v) is 2.00. The van der Waals surface area contributed by atoms with Crippen molar-refractivity contribution in [3.63, 3.8) is 0 Å². The van der Waals surface area contributed by atoms with Crippen molar-refractivity contribution in [3.8, 4) is 0 Å². The number of carbonyl (C=O) groups is 2. The van der Waals surface area contributed by atoms with Gasteiger partial charge in [0.15, 0.2) is 6.10 Å². The van der Waals surface area contributed by atoms with Gasteiger partial charge in [0.2, 0.25) is 0 Å². The molecule has 0 spiro atoms. The first kappa shape index (κ1) is 14.9. The zero-order valence-electron chi connectivity index (χ0n) is 10.2. The number of rotatable bonds is 5. The molecule has 2 unspecified atom stereocenters. The minimum absolute atomic E-state index is 0.0741. The summed E-state index contributed by atoms with van der Waals surface area (Å²) >= 11 is 3.24. The van der Waals surface area contributed by atoms with Crippen LogP contribution in [-0.2, 0) is 16.0 Å². The minimum Gasteiger partial charge on any atom is -0.479 e. The van der Waals surface area contributed by atoms with E-state index in [-0.39, 0.29) is 5.78 Å². The molecule has 5 heteroatoms. The van der Waals surface area contributed by atoms with Gasteiger partial charge in [-0.25, -0.2) is 4.79 Å². The normalized spacial score (nSPS) is 14.0. The van der Waals surface area contributed by atoms with Gasteiger partial charge in [-0.2, -0.15) is 0 Å². The third kappa shape index (κ3) is 3.17. The second kappa shape index (κ2) is 6.11. The van der Waals surface area contributed by atoms with Crippen molar-refractivity contribution in [2.75, 3.05) is 0 Å². The number of Topliss-reactive ketones (excluding diaryl/α,β-unsaturated/α-hetero) is 1. The maximum absolute atomic E-state index is 11.3. The number of aliphatic hydroxyl groups excluding tert-OH is 1. The molecule has 0 bridgehead atoms. The Labute approximate surface area is 114 Å². The van der Waals surface area contributed by atoms with Crippen LogP contribution in [0.4, 0.5) is 0 Å². The van der Waals surface area contributed by atoms with Crippen molar-refractivity contribution in [1.29, 1.82) is 0 Å². The number of ketones is 1. The van der Waals surface area contributed by atoms with E-state index in [1.807, 2.05) is 6.92 Å². The molecule has 0 saturated carbocycles. The number of carboxylic acid groups (broad SMARTS) is 1. The van der Waals surface area contributed by atoms with E-state index >= 15 is 0 Å². The zero-order valence-corrected chi connectivity index (χ0v) is 11.8. The summed E-state index contributed by atoms with van der Waals surface area (Å²) < 4.78 is 0. The van der Waals surface area contributed by atoms with Crippen LogP contribution in [0.5, 0.6) is 0 Å². The molecule has 2 N–H and O–H groups in total. The second-order valence-electron chi connectivity index (χ2n) is 4.03. The van der Waals surface area contributed by atoms with Crippen molar-refractivity contribution >= 4 is 27.7 Å². The monoisotopic (exact) mass is 314 g/mol. The van der Waals surface area contributed by atoms with E-state index in [4.69, 9.17) is 5.11 Å². The first-order chi connectivity index (χ1) is 8.38. The van der Waals surface area contributed by atoms with Crippen molar-refractivity contribution < 1.29 is 19.8 Å². The van der Waals surface area contributed by atoms with Crippen LogP contribution in [0.2, 0.25) is 0 Å². The molecule has 0 aromatic heterocycles. The summed E-state index contributed by atoms with van der Waals surface area (Å²) in [5, 5.41) is 18.5. The summed E-state index contributed by atoms with van der Waals surface area (Å²) in [6.45, 7) is 3.32. The predicted octanol–water partition coefficient (Wildman–Crippen LogP) is 2.39. The number of aryl methyl sites for hydroxylation is 1. The van der Waals surface area contributed by atoms with Crippen LogP contribution in [0.25, 0.3) is 0 Å². The van der Waals surface area contributed by atoms with Gasteiger partial charge in [0.05, 0.1) is 4.83 Å². The molecule has 0 fully saturated rings. The van der Waals surface area contributed by atoms with E-state index in [0.717, 1.165) is 5.56 Å². The maximum atomic E-state index is 11.3. The molecule has 0 amide bonds. The van der Waals surface area contributed by atoms with E-state index in [1.54, 1.807) is 18.2 Å². The van der Waals surface area contributed by atoms with Gasteiger partial charge in [-0.05, 0) is 30.0 Å². The first-order valence-corrected chi connectivity index (χ1v) is 6.48. The van der Waals surface area contributed by atoms with Crippen molar-refractivity contribution in [3.05, 3.63) is 34.9 Å². The van der Waals surface area contributed by atoms with E-state index in [2.05, 4.69) is 15.9 Å². The summed E-state index contributed by atoms with van der Waals surface area (Å²) in [4.78, 5) is 21.7. The van der Waals surface area contributed by atoms with Gasteiger partial charge < -0.3 is 10.2 Å². The highest BCUT2D eigenvalue weighted by Gasteiger charge is 2.21. The molecule has 2 atom stereocenters. The quantitative estimate of drug-likeness (QED) is 0.818. The number of aliphatic hydroxyl groups is 1. The van der Waals surface area contributed by atoms with Gasteiger partial charge >= 0.3 is 5.97 Å². The number of hydrogen-bond donors (Lipinski definition) is 2. The largest absolute Gasteiger partial charge is 0.479 e. The maximum Gasteiger partial charge on any atom is 0.337 e. The van der Waals surface area contributed by atoms with Crippen molar-refractivity contribution in [2.45, 2.75) is 31.2 Å². The number of hydrogen-bond acceptors (Lipinski definition) is 3. The van der Waals surface area contributed by atoms with Gasteiger partial charge in [0.1, 0.15) is 5.78 Å². The van der Waals surface area contributed by atoms with Gasteiger partial charge in [-0.15, -0.1) is 0 Å². The van der Waals surface area contributed by atoms with E-state index in [0.29, 0.717) is 17.5 Å². The van der Waals surface area contributed by atoms with Crippen LogP contribution >= 0.6 is 15.9 Å². The Morgan fingerprint density at radius 3 is 2.44 bits per heavy atom. The highest BCUT2D eigenvalue weighted by atomic mass is 79.9. The SMILES string of the molecule is CCc1ccc(C(Br)C(C)=O)cc1C(O)C(=O)O. The van der Waals surface area contributed by atoms with Crippen LogP contribution in [0.15, 0.2) is 18.2 Å². The molecular weight excluding hydrogens is 300 g/mol. The molecule has 0 radical (unpaired) electrons. The predicted molar refractivity (Wildman–Crippen MR) is 70.8 cm³/mol. The van der Waals surface area contributed by atoms with Gasteiger partial charge in [0.25, 0.3) is 0 Å². The van der Waals surface area contributed by atoms with E-state index < -0.39 is 16.9 Å². The summed E-state index contributed by atoms with van der Waals surface area (Å²) in [5.41, 5.74) is 1.75. The molecule has 4 nitrogen and oxygen atoms in total. The lowest BCUT2D eigenvalue weighted by molar-refractivity contribution is -0.147.